The molecular weight excluding hydrogens is 393 g/mol. The van der Waals surface area contributed by atoms with E-state index in [-0.39, 0.29) is 23.9 Å². The highest BCUT2D eigenvalue weighted by Crippen LogP contribution is 2.26. The molecule has 168 valence electrons. The number of benzene rings is 2. The number of hydrogen-bond acceptors (Lipinski definition) is 4. The van der Waals surface area contributed by atoms with Crippen molar-refractivity contribution in [3.05, 3.63) is 59.4 Å². The first kappa shape index (κ1) is 23.2. The van der Waals surface area contributed by atoms with Gasteiger partial charge in [0.25, 0.3) is 5.91 Å². The lowest BCUT2D eigenvalue weighted by Gasteiger charge is -2.37. The van der Waals surface area contributed by atoms with E-state index in [0.717, 1.165) is 18.7 Å². The summed E-state index contributed by atoms with van der Waals surface area (Å²) in [5.41, 5.74) is 2.70. The first-order chi connectivity index (χ1) is 14.8. The predicted octanol–water partition coefficient (Wildman–Crippen LogP) is 4.92. The molecule has 1 aliphatic heterocycles. The maximum absolute atomic E-state index is 14.8. The zero-order chi connectivity index (χ0) is 22.5. The Kier molecular flexibility index (Phi) is 7.68. The van der Waals surface area contributed by atoms with Crippen LogP contribution in [0.2, 0.25) is 0 Å². The monoisotopic (exact) mass is 427 g/mol. The van der Waals surface area contributed by atoms with Crippen molar-refractivity contribution in [2.75, 3.05) is 29.9 Å². The molecule has 2 aromatic rings. The van der Waals surface area contributed by atoms with Crippen molar-refractivity contribution >= 4 is 17.3 Å². The molecule has 0 spiro atoms. The second kappa shape index (κ2) is 10.2. The maximum atomic E-state index is 14.8. The van der Waals surface area contributed by atoms with Gasteiger partial charge in [0.1, 0.15) is 5.82 Å². The van der Waals surface area contributed by atoms with Gasteiger partial charge in [-0.3, -0.25) is 9.69 Å². The molecule has 0 aromatic heterocycles. The Morgan fingerprint density at radius 3 is 2.35 bits per heavy atom. The van der Waals surface area contributed by atoms with Crippen LogP contribution in [0.25, 0.3) is 0 Å². The van der Waals surface area contributed by atoms with Crippen LogP contribution in [-0.2, 0) is 11.3 Å². The molecule has 0 radical (unpaired) electrons. The standard InChI is InChI=1S/C25H34FN3O2/c1-6-28(17(2)3)16-20-7-9-21(10-8-20)25(30)27-22-11-12-24(23(26)13-22)29-14-18(4)31-19(5)15-29/h7-13,17-19H,6,14-16H2,1-5H3,(H,27,30). The Labute approximate surface area is 185 Å². The molecule has 1 fully saturated rings. The number of morpholine rings is 1. The third kappa shape index (κ3) is 6.05. The number of ether oxygens (including phenoxy) is 1. The molecule has 0 saturated carbocycles. The lowest BCUT2D eigenvalue weighted by atomic mass is 10.1. The van der Waals surface area contributed by atoms with Crippen LogP contribution in [0, 0.1) is 5.82 Å². The summed E-state index contributed by atoms with van der Waals surface area (Å²) >= 11 is 0. The van der Waals surface area contributed by atoms with Crippen LogP contribution in [-0.4, -0.2) is 48.7 Å². The molecule has 31 heavy (non-hydrogen) atoms. The number of nitrogens with one attached hydrogen (secondary N) is 1. The normalized spacial score (nSPS) is 19.2. The maximum Gasteiger partial charge on any atom is 0.255 e. The van der Waals surface area contributed by atoms with Crippen LogP contribution in [0.15, 0.2) is 42.5 Å². The molecule has 1 saturated heterocycles. The fourth-order valence-electron chi connectivity index (χ4n) is 4.07. The summed E-state index contributed by atoms with van der Waals surface area (Å²) in [4.78, 5) is 17.0. The van der Waals surface area contributed by atoms with Crippen molar-refractivity contribution in [1.82, 2.24) is 4.90 Å². The molecule has 1 N–H and O–H groups in total. The number of halogens is 1. The summed E-state index contributed by atoms with van der Waals surface area (Å²) < 4.78 is 20.5. The number of amides is 1. The first-order valence-corrected chi connectivity index (χ1v) is 11.1. The molecule has 0 aliphatic carbocycles. The topological polar surface area (TPSA) is 44.8 Å². The molecule has 2 unspecified atom stereocenters. The smallest absolute Gasteiger partial charge is 0.255 e. The largest absolute Gasteiger partial charge is 0.372 e. The fourth-order valence-corrected chi connectivity index (χ4v) is 4.07. The quantitative estimate of drug-likeness (QED) is 0.681. The average molecular weight is 428 g/mol. The highest BCUT2D eigenvalue weighted by molar-refractivity contribution is 6.04. The van der Waals surface area contributed by atoms with E-state index in [9.17, 15) is 9.18 Å². The summed E-state index contributed by atoms with van der Waals surface area (Å²) in [6, 6.07) is 12.9. The van der Waals surface area contributed by atoms with Gasteiger partial charge in [0.05, 0.1) is 17.9 Å². The van der Waals surface area contributed by atoms with Crippen molar-refractivity contribution in [3.63, 3.8) is 0 Å². The summed E-state index contributed by atoms with van der Waals surface area (Å²) in [5.74, 6) is -0.591. The lowest BCUT2D eigenvalue weighted by molar-refractivity contribution is -0.00539. The van der Waals surface area contributed by atoms with Gasteiger partial charge < -0.3 is 15.0 Å². The number of nitrogens with zero attached hydrogens (tertiary/aromatic N) is 2. The SMILES string of the molecule is CCN(Cc1ccc(C(=O)Nc2ccc(N3CC(C)OC(C)C3)c(F)c2)cc1)C(C)C. The molecule has 0 bridgehead atoms. The van der Waals surface area contributed by atoms with E-state index in [1.165, 1.54) is 6.07 Å². The van der Waals surface area contributed by atoms with Gasteiger partial charge in [-0.05, 0) is 70.1 Å². The number of anilines is 2. The van der Waals surface area contributed by atoms with E-state index in [1.807, 2.05) is 43.0 Å². The van der Waals surface area contributed by atoms with Crippen LogP contribution in [0.5, 0.6) is 0 Å². The van der Waals surface area contributed by atoms with Crippen LogP contribution in [0.1, 0.15) is 50.5 Å². The van der Waals surface area contributed by atoms with E-state index in [1.54, 1.807) is 12.1 Å². The molecule has 5 nitrogen and oxygen atoms in total. The molecule has 2 atom stereocenters. The second-order valence-electron chi connectivity index (χ2n) is 8.64. The fraction of sp³-hybridized carbons (Fsp3) is 0.480. The molecule has 3 rings (SSSR count). The van der Waals surface area contributed by atoms with E-state index in [0.29, 0.717) is 36.1 Å². The first-order valence-electron chi connectivity index (χ1n) is 11.1. The van der Waals surface area contributed by atoms with Gasteiger partial charge in [-0.1, -0.05) is 19.1 Å². The van der Waals surface area contributed by atoms with E-state index < -0.39 is 0 Å². The third-order valence-electron chi connectivity index (χ3n) is 5.70. The van der Waals surface area contributed by atoms with Crippen LogP contribution >= 0.6 is 0 Å². The minimum Gasteiger partial charge on any atom is -0.372 e. The molecule has 2 aromatic carbocycles. The van der Waals surface area contributed by atoms with Gasteiger partial charge in [-0.2, -0.15) is 0 Å². The van der Waals surface area contributed by atoms with Crippen molar-refractivity contribution in [2.24, 2.45) is 0 Å². The van der Waals surface area contributed by atoms with E-state index >= 15 is 0 Å². The van der Waals surface area contributed by atoms with Crippen LogP contribution in [0.4, 0.5) is 15.8 Å². The Hall–Kier alpha value is -2.44. The van der Waals surface area contributed by atoms with E-state index in [2.05, 4.69) is 31.0 Å². The number of rotatable bonds is 7. The highest BCUT2D eigenvalue weighted by atomic mass is 19.1. The highest BCUT2D eigenvalue weighted by Gasteiger charge is 2.24. The summed E-state index contributed by atoms with van der Waals surface area (Å²) in [6.07, 6.45) is 0.103. The van der Waals surface area contributed by atoms with Gasteiger partial charge in [-0.25, -0.2) is 4.39 Å². The van der Waals surface area contributed by atoms with E-state index in [4.69, 9.17) is 4.74 Å². The molecule has 6 heteroatoms. The van der Waals surface area contributed by atoms with Gasteiger partial charge in [0, 0.05) is 36.9 Å². The Bertz CT molecular complexity index is 875. The predicted molar refractivity (Wildman–Crippen MR) is 124 cm³/mol. The third-order valence-corrected chi connectivity index (χ3v) is 5.70. The molecule has 1 amide bonds. The van der Waals surface area contributed by atoms with Crippen LogP contribution < -0.4 is 10.2 Å². The number of carbonyl (C=O) groups is 1. The van der Waals surface area contributed by atoms with Crippen molar-refractivity contribution < 1.29 is 13.9 Å². The summed E-state index contributed by atoms with van der Waals surface area (Å²) in [6.45, 7) is 13.6. The number of hydrogen-bond donors (Lipinski definition) is 1. The molecule has 1 aliphatic rings. The molecular formula is C25H34FN3O2. The zero-order valence-corrected chi connectivity index (χ0v) is 19.2. The Morgan fingerprint density at radius 2 is 1.81 bits per heavy atom. The van der Waals surface area contributed by atoms with Crippen molar-refractivity contribution in [3.8, 4) is 0 Å². The number of carbonyl (C=O) groups excluding carboxylic acids is 1. The van der Waals surface area contributed by atoms with Gasteiger partial charge in [0.2, 0.25) is 0 Å². The van der Waals surface area contributed by atoms with Crippen molar-refractivity contribution in [2.45, 2.75) is 59.4 Å². The van der Waals surface area contributed by atoms with Crippen molar-refractivity contribution in [1.29, 1.82) is 0 Å². The minimum atomic E-state index is -0.345. The Morgan fingerprint density at radius 1 is 1.16 bits per heavy atom. The van der Waals surface area contributed by atoms with Crippen LogP contribution in [0.3, 0.4) is 0 Å². The zero-order valence-electron chi connectivity index (χ0n) is 19.2. The minimum absolute atomic E-state index is 0.0513. The summed E-state index contributed by atoms with van der Waals surface area (Å²) in [5, 5.41) is 2.80. The second-order valence-corrected chi connectivity index (χ2v) is 8.64. The average Bonchev–Trinajstić information content (AvgIpc) is 2.71. The lowest BCUT2D eigenvalue weighted by Crippen LogP contribution is -2.45. The van der Waals surface area contributed by atoms with Gasteiger partial charge in [0.15, 0.2) is 0 Å². The molecule has 1 heterocycles. The summed E-state index contributed by atoms with van der Waals surface area (Å²) in [7, 11) is 0. The van der Waals surface area contributed by atoms with Gasteiger partial charge >= 0.3 is 0 Å². The van der Waals surface area contributed by atoms with Gasteiger partial charge in [-0.15, -0.1) is 0 Å². The Balaban J connectivity index is 1.64.